The fourth-order valence-corrected chi connectivity index (χ4v) is 11.9. The van der Waals surface area contributed by atoms with Crippen molar-refractivity contribution in [3.8, 4) is 0 Å². The van der Waals surface area contributed by atoms with Crippen molar-refractivity contribution in [3.05, 3.63) is 0 Å². The van der Waals surface area contributed by atoms with Crippen molar-refractivity contribution in [1.82, 2.24) is 0 Å². The minimum atomic E-state index is -4.95. The van der Waals surface area contributed by atoms with Crippen molar-refractivity contribution in [2.45, 2.75) is 356 Å². The fourth-order valence-electron chi connectivity index (χ4n) is 10.3. The summed E-state index contributed by atoms with van der Waals surface area (Å²) in [6, 6.07) is 0. The molecule has 3 unspecified atom stereocenters. The summed E-state index contributed by atoms with van der Waals surface area (Å²) in [4.78, 5) is 72.5. The van der Waals surface area contributed by atoms with Crippen LogP contribution in [-0.2, 0) is 65.4 Å². The normalized spacial score (nSPS) is 14.3. The number of phosphoric acid groups is 2. The fraction of sp³-hybridized carbons (Fsp3) is 0.942. The van der Waals surface area contributed by atoms with Crippen LogP contribution in [0.25, 0.3) is 0 Å². The smallest absolute Gasteiger partial charge is 0.462 e. The molecule has 0 heterocycles. The number of unbranched alkanes of at least 4 members (excludes halogenated alkanes) is 32. The van der Waals surface area contributed by atoms with Crippen LogP contribution in [0.3, 0.4) is 0 Å². The molecule has 3 N–H and O–H groups in total. The third-order valence-corrected chi connectivity index (χ3v) is 17.7. The maximum Gasteiger partial charge on any atom is 0.472 e. The summed E-state index contributed by atoms with van der Waals surface area (Å²) >= 11 is 0. The third kappa shape index (κ3) is 62.8. The van der Waals surface area contributed by atoms with E-state index in [2.05, 4.69) is 55.4 Å². The Hall–Kier alpha value is -1.94. The van der Waals surface area contributed by atoms with Crippen LogP contribution in [0, 0.1) is 23.7 Å². The Labute approximate surface area is 537 Å². The van der Waals surface area contributed by atoms with Gasteiger partial charge in [0.25, 0.3) is 0 Å². The number of carbonyl (C=O) groups is 4. The first kappa shape index (κ1) is 86.1. The van der Waals surface area contributed by atoms with Gasteiger partial charge in [-0.1, -0.05) is 287 Å². The lowest BCUT2D eigenvalue weighted by atomic mass is 10.0. The molecule has 522 valence electrons. The molecule has 88 heavy (non-hydrogen) atoms. The second-order valence-electron chi connectivity index (χ2n) is 26.8. The molecule has 19 heteroatoms. The van der Waals surface area contributed by atoms with E-state index >= 15 is 0 Å². The van der Waals surface area contributed by atoms with Gasteiger partial charge in [-0.2, -0.15) is 0 Å². The van der Waals surface area contributed by atoms with Gasteiger partial charge in [0.1, 0.15) is 19.3 Å². The van der Waals surface area contributed by atoms with Crippen molar-refractivity contribution in [3.63, 3.8) is 0 Å². The van der Waals surface area contributed by atoms with Crippen LogP contribution < -0.4 is 0 Å². The largest absolute Gasteiger partial charge is 0.472 e. The summed E-state index contributed by atoms with van der Waals surface area (Å²) in [5, 5.41) is 10.6. The lowest BCUT2D eigenvalue weighted by Gasteiger charge is -2.21. The van der Waals surface area contributed by atoms with E-state index in [-0.39, 0.29) is 25.7 Å². The lowest BCUT2D eigenvalue weighted by Crippen LogP contribution is -2.30. The van der Waals surface area contributed by atoms with E-state index in [1.165, 1.54) is 141 Å². The summed E-state index contributed by atoms with van der Waals surface area (Å²) in [6.45, 7) is 14.0. The first-order chi connectivity index (χ1) is 42.1. The van der Waals surface area contributed by atoms with Gasteiger partial charge in [-0.3, -0.25) is 37.3 Å². The Bertz CT molecular complexity index is 1750. The number of rotatable bonds is 66. The van der Waals surface area contributed by atoms with Crippen molar-refractivity contribution >= 4 is 39.5 Å². The molecule has 0 aromatic heterocycles. The summed E-state index contributed by atoms with van der Waals surface area (Å²) in [5.74, 6) is 0.823. The number of aliphatic hydroxyl groups excluding tert-OH is 1. The highest BCUT2D eigenvalue weighted by molar-refractivity contribution is 7.47. The highest BCUT2D eigenvalue weighted by Crippen LogP contribution is 2.45. The number of hydrogen-bond acceptors (Lipinski definition) is 15. The van der Waals surface area contributed by atoms with Gasteiger partial charge in [-0.05, 0) is 49.4 Å². The van der Waals surface area contributed by atoms with Crippen molar-refractivity contribution in [2.24, 2.45) is 23.7 Å². The van der Waals surface area contributed by atoms with Gasteiger partial charge in [0.05, 0.1) is 26.4 Å². The maximum absolute atomic E-state index is 13.0. The van der Waals surface area contributed by atoms with Gasteiger partial charge in [0.15, 0.2) is 12.2 Å². The highest BCUT2D eigenvalue weighted by atomic mass is 31.2. The van der Waals surface area contributed by atoms with Gasteiger partial charge in [-0.15, -0.1) is 0 Å². The Morgan fingerprint density at radius 1 is 0.284 bits per heavy atom. The lowest BCUT2D eigenvalue weighted by molar-refractivity contribution is -0.161. The van der Waals surface area contributed by atoms with Gasteiger partial charge in [0.2, 0.25) is 0 Å². The van der Waals surface area contributed by atoms with E-state index < -0.39 is 97.5 Å². The first-order valence-electron chi connectivity index (χ1n) is 35.7. The summed E-state index contributed by atoms with van der Waals surface area (Å²) in [7, 11) is -9.90. The number of phosphoric ester groups is 2. The Morgan fingerprint density at radius 2 is 0.477 bits per heavy atom. The van der Waals surface area contributed by atoms with Crippen molar-refractivity contribution in [2.75, 3.05) is 39.6 Å². The Balaban J connectivity index is 5.26. The molecule has 0 aliphatic carbocycles. The van der Waals surface area contributed by atoms with Crippen LogP contribution in [0.2, 0.25) is 0 Å². The van der Waals surface area contributed by atoms with E-state index in [1.807, 2.05) is 0 Å². The quantitative estimate of drug-likeness (QED) is 0.0222. The van der Waals surface area contributed by atoms with E-state index in [4.69, 9.17) is 37.0 Å². The SMILES string of the molecule is CC(C)CCCCCCCCCCCCC(=O)OC[C@H](COP(=O)(O)OCC(O)COP(=O)(O)OC[C@@H](COC(=O)CCCCCCCCCCC(C)C)OC(=O)CCCCCCCCCCCCC(C)C)OC(=O)CCCCCCCCCCC(C)C. The van der Waals surface area contributed by atoms with Crippen molar-refractivity contribution in [1.29, 1.82) is 0 Å². The van der Waals surface area contributed by atoms with E-state index in [0.29, 0.717) is 25.7 Å². The third-order valence-electron chi connectivity index (χ3n) is 15.8. The van der Waals surface area contributed by atoms with E-state index in [9.17, 15) is 43.2 Å². The number of hydrogen-bond donors (Lipinski definition) is 3. The molecule has 0 bridgehead atoms. The first-order valence-corrected chi connectivity index (χ1v) is 38.7. The molecule has 0 amide bonds. The average Bonchev–Trinajstić information content (AvgIpc) is 3.64. The molecule has 0 rings (SSSR count). The van der Waals surface area contributed by atoms with Crippen LogP contribution >= 0.6 is 15.6 Å². The van der Waals surface area contributed by atoms with Crippen LogP contribution in [0.1, 0.15) is 338 Å². The van der Waals surface area contributed by atoms with Gasteiger partial charge < -0.3 is 33.8 Å². The minimum Gasteiger partial charge on any atom is -0.462 e. The molecular formula is C69H134O17P2. The van der Waals surface area contributed by atoms with Crippen molar-refractivity contribution < 1.29 is 80.2 Å². The molecule has 0 fully saturated rings. The Morgan fingerprint density at radius 3 is 0.705 bits per heavy atom. The molecule has 0 aliphatic heterocycles. The molecule has 5 atom stereocenters. The zero-order valence-corrected chi connectivity index (χ0v) is 59.1. The predicted octanol–water partition coefficient (Wildman–Crippen LogP) is 19.3. The molecule has 0 aromatic carbocycles. The Kier molecular flexibility index (Phi) is 57.6. The molecular weight excluding hydrogens is 1160 g/mol. The topological polar surface area (TPSA) is 237 Å². The number of esters is 4. The van der Waals surface area contributed by atoms with E-state index in [0.717, 1.165) is 114 Å². The number of ether oxygens (including phenoxy) is 4. The van der Waals surface area contributed by atoms with Gasteiger partial charge in [0, 0.05) is 25.7 Å². The van der Waals surface area contributed by atoms with Gasteiger partial charge >= 0.3 is 39.5 Å². The standard InChI is InChI=1S/C69H134O17P2/c1-59(2)45-37-29-21-13-9-11-15-25-33-41-49-66(71)79-55-65(86-69(74)52-44-36-28-20-18-24-32-40-48-62(7)8)58-84-88(77,78)82-54-63(70)53-81-87(75,76)83-57-64(56-80-67(72)50-42-34-26-19-17-23-31-39-47-61(5)6)85-68(73)51-43-35-27-16-12-10-14-22-30-38-46-60(3)4/h59-65,70H,9-58H2,1-8H3,(H,75,76)(H,77,78)/t63?,64-,65-/m1/s1. The predicted molar refractivity (Wildman–Crippen MR) is 354 cm³/mol. The summed E-state index contributed by atoms with van der Waals surface area (Å²) < 4.78 is 68.2. The van der Waals surface area contributed by atoms with E-state index in [1.54, 1.807) is 0 Å². The van der Waals surface area contributed by atoms with Crippen LogP contribution in [0.4, 0.5) is 0 Å². The minimum absolute atomic E-state index is 0.104. The average molecular weight is 1300 g/mol. The zero-order valence-electron chi connectivity index (χ0n) is 57.3. The van der Waals surface area contributed by atoms with Crippen LogP contribution in [-0.4, -0.2) is 96.7 Å². The monoisotopic (exact) mass is 1300 g/mol. The molecule has 0 saturated heterocycles. The summed E-state index contributed by atoms with van der Waals surface area (Å²) in [5.41, 5.74) is 0. The zero-order chi connectivity index (χ0) is 65.4. The molecule has 17 nitrogen and oxygen atoms in total. The number of carbonyl (C=O) groups excluding carboxylic acids is 4. The van der Waals surface area contributed by atoms with Crippen LogP contribution in [0.5, 0.6) is 0 Å². The molecule has 0 aliphatic rings. The second-order valence-corrected chi connectivity index (χ2v) is 29.7. The molecule has 0 aromatic rings. The summed E-state index contributed by atoms with van der Waals surface area (Å²) in [6.07, 6.45) is 40.3. The van der Waals surface area contributed by atoms with Gasteiger partial charge in [-0.25, -0.2) is 9.13 Å². The maximum atomic E-state index is 13.0. The molecule has 0 spiro atoms. The second kappa shape index (κ2) is 58.8. The molecule has 0 radical (unpaired) electrons. The molecule has 0 saturated carbocycles. The van der Waals surface area contributed by atoms with Crippen LogP contribution in [0.15, 0.2) is 0 Å². The number of aliphatic hydroxyl groups is 1. The highest BCUT2D eigenvalue weighted by Gasteiger charge is 2.30.